The van der Waals surface area contributed by atoms with E-state index in [-0.39, 0.29) is 17.8 Å². The van der Waals surface area contributed by atoms with Gasteiger partial charge < -0.3 is 15.2 Å². The van der Waals surface area contributed by atoms with E-state index >= 15 is 0 Å². The first-order valence-electron chi connectivity index (χ1n) is 4.91. The van der Waals surface area contributed by atoms with Gasteiger partial charge in [-0.1, -0.05) is 12.1 Å². The van der Waals surface area contributed by atoms with Gasteiger partial charge in [0.15, 0.2) is 0 Å². The quantitative estimate of drug-likeness (QED) is 0.438. The van der Waals surface area contributed by atoms with Crippen molar-refractivity contribution in [2.75, 3.05) is 6.54 Å². The molecule has 0 saturated carbocycles. The number of benzene rings is 1. The van der Waals surface area contributed by atoms with Crippen LogP contribution in [0.15, 0.2) is 30.5 Å². The number of carboxylic acids is 1. The van der Waals surface area contributed by atoms with Crippen molar-refractivity contribution in [1.82, 2.24) is 5.32 Å². The summed E-state index contributed by atoms with van der Waals surface area (Å²) in [7, 11) is 0. The maximum Gasteiger partial charge on any atom is 0.335 e. The number of nitrogens with one attached hydrogen (secondary N) is 1. The van der Waals surface area contributed by atoms with Crippen molar-refractivity contribution in [3.63, 3.8) is 0 Å². The van der Waals surface area contributed by atoms with Crippen LogP contribution in [0.2, 0.25) is 0 Å². The van der Waals surface area contributed by atoms with E-state index in [0.717, 1.165) is 6.20 Å². The first-order valence-corrected chi connectivity index (χ1v) is 4.91. The Bertz CT molecular complexity index is 493. The van der Waals surface area contributed by atoms with Gasteiger partial charge in [-0.25, -0.2) is 4.79 Å². The van der Waals surface area contributed by atoms with E-state index < -0.39 is 10.9 Å². The average molecular weight is 250 g/mol. The zero-order valence-corrected chi connectivity index (χ0v) is 9.20. The van der Waals surface area contributed by atoms with Gasteiger partial charge >= 0.3 is 5.97 Å². The van der Waals surface area contributed by atoms with E-state index in [9.17, 15) is 19.7 Å². The number of aldehydes is 1. The van der Waals surface area contributed by atoms with E-state index in [2.05, 4.69) is 5.32 Å². The second kappa shape index (κ2) is 6.14. The van der Waals surface area contributed by atoms with E-state index in [1.54, 1.807) is 0 Å². The molecule has 0 spiro atoms. The molecule has 0 atom stereocenters. The number of aromatic carboxylic acids is 1. The molecule has 94 valence electrons. The first-order chi connectivity index (χ1) is 8.54. The van der Waals surface area contributed by atoms with Crippen molar-refractivity contribution in [3.8, 4) is 0 Å². The van der Waals surface area contributed by atoms with Gasteiger partial charge in [-0.3, -0.25) is 10.1 Å². The van der Waals surface area contributed by atoms with E-state index in [0.29, 0.717) is 11.8 Å². The Labute approximate surface area is 102 Å². The van der Waals surface area contributed by atoms with E-state index in [1.807, 2.05) is 0 Å². The molecule has 0 radical (unpaired) electrons. The smallest absolute Gasteiger partial charge is 0.335 e. The van der Waals surface area contributed by atoms with Crippen molar-refractivity contribution in [2.45, 2.75) is 0 Å². The third-order valence-electron chi connectivity index (χ3n) is 2.05. The molecule has 0 aromatic heterocycles. The monoisotopic (exact) mass is 250 g/mol. The normalized spacial score (nSPS) is 10.8. The zero-order valence-electron chi connectivity index (χ0n) is 9.20. The lowest BCUT2D eigenvalue weighted by Gasteiger charge is -2.06. The summed E-state index contributed by atoms with van der Waals surface area (Å²) in [5, 5.41) is 21.7. The number of carboxylic acid groups (broad SMARTS) is 1. The van der Waals surface area contributed by atoms with Gasteiger partial charge in [0.2, 0.25) is 0 Å². The third kappa shape index (κ3) is 3.71. The second-order valence-corrected chi connectivity index (χ2v) is 3.26. The predicted octanol–water partition coefficient (Wildman–Crippen LogP) is 0.748. The minimum absolute atomic E-state index is 0.0691. The molecular weight excluding hydrogens is 240 g/mol. The molecule has 7 nitrogen and oxygen atoms in total. The molecule has 0 fully saturated rings. The van der Waals surface area contributed by atoms with Crippen molar-refractivity contribution in [1.29, 1.82) is 0 Å². The Morgan fingerprint density at radius 1 is 1.33 bits per heavy atom. The Morgan fingerprint density at radius 2 is 1.89 bits per heavy atom. The Hall–Kier alpha value is -2.70. The lowest BCUT2D eigenvalue weighted by molar-refractivity contribution is -0.401. The van der Waals surface area contributed by atoms with Crippen molar-refractivity contribution in [2.24, 2.45) is 0 Å². The van der Waals surface area contributed by atoms with Gasteiger partial charge in [0.05, 0.1) is 17.0 Å². The topological polar surface area (TPSA) is 110 Å². The summed E-state index contributed by atoms with van der Waals surface area (Å²) >= 11 is 0. The van der Waals surface area contributed by atoms with Crippen LogP contribution in [0.4, 0.5) is 0 Å². The summed E-state index contributed by atoms with van der Waals surface area (Å²) in [6.45, 7) is -0.0691. The molecule has 0 amide bonds. The fraction of sp³-hybridized carbons (Fsp3) is 0.0909. The molecule has 18 heavy (non-hydrogen) atoms. The maximum absolute atomic E-state index is 10.6. The molecule has 7 heteroatoms. The lowest BCUT2D eigenvalue weighted by atomic mass is 10.1. The maximum atomic E-state index is 10.6. The van der Waals surface area contributed by atoms with Crippen LogP contribution in [-0.4, -0.2) is 28.8 Å². The Kier molecular flexibility index (Phi) is 4.56. The number of rotatable bonds is 6. The number of carbonyl (C=O) groups is 2. The molecule has 1 rings (SSSR count). The molecule has 2 N–H and O–H groups in total. The highest BCUT2D eigenvalue weighted by atomic mass is 16.6. The van der Waals surface area contributed by atoms with Gasteiger partial charge in [0.1, 0.15) is 12.0 Å². The van der Waals surface area contributed by atoms with Crippen LogP contribution in [0.25, 0.3) is 5.70 Å². The van der Waals surface area contributed by atoms with Crippen LogP contribution in [0.5, 0.6) is 0 Å². The Balaban J connectivity index is 3.01. The lowest BCUT2D eigenvalue weighted by Crippen LogP contribution is -2.16. The largest absolute Gasteiger partial charge is 0.478 e. The summed E-state index contributed by atoms with van der Waals surface area (Å²) in [6.07, 6.45) is 1.29. The second-order valence-electron chi connectivity index (χ2n) is 3.26. The van der Waals surface area contributed by atoms with Gasteiger partial charge in [-0.05, 0) is 12.1 Å². The first kappa shape index (κ1) is 13.4. The highest BCUT2D eigenvalue weighted by molar-refractivity contribution is 5.88. The average Bonchev–Trinajstić information content (AvgIpc) is 2.34. The Morgan fingerprint density at radius 3 is 2.33 bits per heavy atom. The fourth-order valence-corrected chi connectivity index (χ4v) is 1.27. The van der Waals surface area contributed by atoms with Gasteiger partial charge in [0.25, 0.3) is 6.20 Å². The fourth-order valence-electron chi connectivity index (χ4n) is 1.27. The minimum atomic E-state index is -1.08. The highest BCUT2D eigenvalue weighted by Crippen LogP contribution is 2.12. The molecule has 0 unspecified atom stereocenters. The summed E-state index contributed by atoms with van der Waals surface area (Å²) in [5.74, 6) is -1.08. The van der Waals surface area contributed by atoms with Gasteiger partial charge in [0, 0.05) is 5.56 Å². The molecule has 0 aliphatic rings. The summed E-state index contributed by atoms with van der Waals surface area (Å²) in [4.78, 5) is 30.7. The standard InChI is InChI=1S/C11H10N2O5/c14-6-5-12-10(7-13(17)18)8-1-3-9(4-2-8)11(15)16/h1-4,6-7,12H,5H2,(H,15,16). The predicted molar refractivity (Wildman–Crippen MR) is 62.4 cm³/mol. The number of hydrogen-bond acceptors (Lipinski definition) is 5. The molecule has 1 aromatic rings. The summed E-state index contributed by atoms with van der Waals surface area (Å²) < 4.78 is 0. The van der Waals surface area contributed by atoms with Crippen LogP contribution < -0.4 is 5.32 Å². The van der Waals surface area contributed by atoms with E-state index in [1.165, 1.54) is 24.3 Å². The highest BCUT2D eigenvalue weighted by Gasteiger charge is 2.08. The molecule has 1 aromatic carbocycles. The summed E-state index contributed by atoms with van der Waals surface area (Å²) in [5.41, 5.74) is 0.650. The van der Waals surface area contributed by atoms with Crippen LogP contribution in [0.1, 0.15) is 15.9 Å². The number of nitrogens with zero attached hydrogens (tertiary/aromatic N) is 1. The minimum Gasteiger partial charge on any atom is -0.478 e. The van der Waals surface area contributed by atoms with Crippen LogP contribution in [0.3, 0.4) is 0 Å². The SMILES string of the molecule is O=CCNC(=C[N+](=O)[O-])c1ccc(C(=O)O)cc1. The number of nitro groups is 1. The third-order valence-corrected chi connectivity index (χ3v) is 2.05. The van der Waals surface area contributed by atoms with Crippen LogP contribution in [-0.2, 0) is 4.79 Å². The number of hydrogen-bond donors (Lipinski definition) is 2. The molecule has 0 heterocycles. The number of carbonyl (C=O) groups excluding carboxylic acids is 1. The van der Waals surface area contributed by atoms with Crippen molar-refractivity contribution in [3.05, 3.63) is 51.7 Å². The molecule has 0 aliphatic heterocycles. The van der Waals surface area contributed by atoms with Crippen LogP contribution in [0, 0.1) is 10.1 Å². The summed E-state index contributed by atoms with van der Waals surface area (Å²) in [6, 6.07) is 5.51. The zero-order chi connectivity index (χ0) is 13.5. The molecule has 0 bridgehead atoms. The van der Waals surface area contributed by atoms with Gasteiger partial charge in [-0.2, -0.15) is 0 Å². The molecular formula is C11H10N2O5. The molecule has 0 aliphatic carbocycles. The van der Waals surface area contributed by atoms with E-state index in [4.69, 9.17) is 5.11 Å². The van der Waals surface area contributed by atoms with Crippen molar-refractivity contribution >= 4 is 18.0 Å². The van der Waals surface area contributed by atoms with Gasteiger partial charge in [-0.15, -0.1) is 0 Å². The van der Waals surface area contributed by atoms with Crippen LogP contribution >= 0.6 is 0 Å². The molecule has 0 saturated heterocycles. The van der Waals surface area contributed by atoms with Crippen molar-refractivity contribution < 1.29 is 19.6 Å².